The molecule has 0 spiro atoms. The first-order valence-electron chi connectivity index (χ1n) is 10.7. The summed E-state index contributed by atoms with van der Waals surface area (Å²) in [7, 11) is 0. The van der Waals surface area contributed by atoms with E-state index < -0.39 is 5.91 Å². The second-order valence-electron chi connectivity index (χ2n) is 7.84. The SMILES string of the molecule is O=C1C(Nc2ccc(N3CCCCC3)cc2)=C(c2cccs2)C(=O)N1c1ccccc1Cl. The van der Waals surface area contributed by atoms with Crippen LogP contribution in [-0.2, 0) is 9.59 Å². The highest BCUT2D eigenvalue weighted by Crippen LogP contribution is 2.38. The molecular weight excluding hydrogens is 442 g/mol. The molecular formula is C25H22ClN3O2S. The number of hydrogen-bond donors (Lipinski definition) is 1. The number of thiophene rings is 1. The van der Waals surface area contributed by atoms with Crippen LogP contribution in [0.3, 0.4) is 0 Å². The minimum atomic E-state index is -0.411. The Labute approximate surface area is 195 Å². The number of nitrogens with zero attached hydrogens (tertiary/aromatic N) is 2. The molecule has 2 amide bonds. The highest BCUT2D eigenvalue weighted by molar-refractivity contribution is 7.11. The van der Waals surface area contributed by atoms with E-state index in [0.29, 0.717) is 16.3 Å². The van der Waals surface area contributed by atoms with Gasteiger partial charge in [-0.3, -0.25) is 9.59 Å². The van der Waals surface area contributed by atoms with Crippen molar-refractivity contribution in [1.29, 1.82) is 0 Å². The van der Waals surface area contributed by atoms with Crippen molar-refractivity contribution in [2.45, 2.75) is 19.3 Å². The Morgan fingerprint density at radius 2 is 1.59 bits per heavy atom. The summed E-state index contributed by atoms with van der Waals surface area (Å²) in [6, 6.07) is 18.6. The molecule has 0 unspecified atom stereocenters. The lowest BCUT2D eigenvalue weighted by molar-refractivity contribution is -0.120. The van der Waals surface area contributed by atoms with Crippen LogP contribution in [0.2, 0.25) is 5.02 Å². The summed E-state index contributed by atoms with van der Waals surface area (Å²) >= 11 is 7.75. The van der Waals surface area contributed by atoms with Gasteiger partial charge in [-0.05, 0) is 67.1 Å². The fourth-order valence-electron chi connectivity index (χ4n) is 4.20. The Morgan fingerprint density at radius 1 is 0.844 bits per heavy atom. The maximum atomic E-state index is 13.4. The molecule has 0 saturated carbocycles. The van der Waals surface area contributed by atoms with E-state index in [4.69, 9.17) is 11.6 Å². The molecule has 2 aliphatic heterocycles. The summed E-state index contributed by atoms with van der Waals surface area (Å²) in [6.45, 7) is 2.14. The molecule has 3 aromatic rings. The molecule has 32 heavy (non-hydrogen) atoms. The van der Waals surface area contributed by atoms with Crippen LogP contribution in [0.15, 0.2) is 71.7 Å². The fraction of sp³-hybridized carbons (Fsp3) is 0.200. The van der Waals surface area contributed by atoms with Gasteiger partial charge in [-0.2, -0.15) is 0 Å². The first-order chi connectivity index (χ1) is 15.6. The van der Waals surface area contributed by atoms with Crippen molar-refractivity contribution in [3.8, 4) is 0 Å². The normalized spacial score (nSPS) is 16.8. The Kier molecular flexibility index (Phi) is 5.72. The molecule has 5 nitrogen and oxygen atoms in total. The second-order valence-corrected chi connectivity index (χ2v) is 9.20. The number of imide groups is 1. The summed E-state index contributed by atoms with van der Waals surface area (Å²) in [5.74, 6) is -0.787. The van der Waals surface area contributed by atoms with Gasteiger partial charge in [0.25, 0.3) is 11.8 Å². The lowest BCUT2D eigenvalue weighted by Crippen LogP contribution is -2.32. The molecule has 7 heteroatoms. The van der Waals surface area contributed by atoms with Crippen LogP contribution in [0, 0.1) is 0 Å². The third kappa shape index (κ3) is 3.80. The summed E-state index contributed by atoms with van der Waals surface area (Å²) < 4.78 is 0. The quantitative estimate of drug-likeness (QED) is 0.487. The number of hydrogen-bond acceptors (Lipinski definition) is 5. The average molecular weight is 464 g/mol. The topological polar surface area (TPSA) is 52.7 Å². The van der Waals surface area contributed by atoms with Crippen LogP contribution in [0.4, 0.5) is 17.1 Å². The first-order valence-corrected chi connectivity index (χ1v) is 11.9. The van der Waals surface area contributed by atoms with Gasteiger partial charge in [-0.25, -0.2) is 4.90 Å². The van der Waals surface area contributed by atoms with E-state index in [2.05, 4.69) is 22.3 Å². The fourth-order valence-corrected chi connectivity index (χ4v) is 5.19. The van der Waals surface area contributed by atoms with Gasteiger partial charge in [0, 0.05) is 29.3 Å². The summed E-state index contributed by atoms with van der Waals surface area (Å²) in [4.78, 5) is 31.1. The lowest BCUT2D eigenvalue weighted by Gasteiger charge is -2.28. The molecule has 3 heterocycles. The van der Waals surface area contributed by atoms with Crippen molar-refractivity contribution >= 4 is 57.4 Å². The van der Waals surface area contributed by atoms with Crippen LogP contribution in [0.5, 0.6) is 0 Å². The van der Waals surface area contributed by atoms with Crippen molar-refractivity contribution in [2.24, 2.45) is 0 Å². The smallest absolute Gasteiger partial charge is 0.282 e. The molecule has 1 saturated heterocycles. The average Bonchev–Trinajstić information content (AvgIpc) is 3.42. The van der Waals surface area contributed by atoms with Crippen LogP contribution in [0.1, 0.15) is 24.1 Å². The van der Waals surface area contributed by atoms with Gasteiger partial charge in [-0.1, -0.05) is 29.8 Å². The van der Waals surface area contributed by atoms with E-state index in [9.17, 15) is 9.59 Å². The highest BCUT2D eigenvalue weighted by atomic mass is 35.5. The maximum absolute atomic E-state index is 13.4. The van der Waals surface area contributed by atoms with Crippen molar-refractivity contribution in [1.82, 2.24) is 0 Å². The van der Waals surface area contributed by atoms with Gasteiger partial charge in [0.2, 0.25) is 0 Å². The molecule has 5 rings (SSSR count). The molecule has 1 aromatic heterocycles. The zero-order valence-corrected chi connectivity index (χ0v) is 19.0. The minimum absolute atomic E-state index is 0.267. The van der Waals surface area contributed by atoms with E-state index >= 15 is 0 Å². The molecule has 0 radical (unpaired) electrons. The van der Waals surface area contributed by atoms with E-state index in [1.54, 1.807) is 24.3 Å². The van der Waals surface area contributed by atoms with Gasteiger partial charge in [0.15, 0.2) is 0 Å². The first kappa shape index (κ1) is 20.8. The van der Waals surface area contributed by atoms with Crippen molar-refractivity contribution in [3.05, 3.63) is 81.6 Å². The predicted molar refractivity (Wildman–Crippen MR) is 131 cm³/mol. The highest BCUT2D eigenvalue weighted by Gasteiger charge is 2.41. The van der Waals surface area contributed by atoms with Crippen molar-refractivity contribution in [2.75, 3.05) is 28.2 Å². The van der Waals surface area contributed by atoms with Gasteiger partial charge in [0.05, 0.1) is 16.3 Å². The molecule has 1 fully saturated rings. The number of carbonyl (C=O) groups is 2. The number of nitrogens with one attached hydrogen (secondary N) is 1. The zero-order valence-electron chi connectivity index (χ0n) is 17.4. The van der Waals surface area contributed by atoms with Crippen molar-refractivity contribution in [3.63, 3.8) is 0 Å². The maximum Gasteiger partial charge on any atom is 0.282 e. The largest absolute Gasteiger partial charge is 0.372 e. The number of piperidine rings is 1. The number of para-hydroxylation sites is 1. The summed E-state index contributed by atoms with van der Waals surface area (Å²) in [6.07, 6.45) is 3.71. The molecule has 0 atom stereocenters. The molecule has 2 aliphatic rings. The number of amides is 2. The molecule has 1 N–H and O–H groups in total. The number of carbonyl (C=O) groups excluding carboxylic acids is 2. The Morgan fingerprint density at radius 3 is 2.28 bits per heavy atom. The van der Waals surface area contributed by atoms with Crippen LogP contribution in [0.25, 0.3) is 5.57 Å². The predicted octanol–water partition coefficient (Wildman–Crippen LogP) is 5.79. The van der Waals surface area contributed by atoms with Crippen LogP contribution >= 0.6 is 22.9 Å². The number of rotatable bonds is 5. The molecule has 2 aromatic carbocycles. The number of benzene rings is 2. The van der Waals surface area contributed by atoms with Gasteiger partial charge in [0.1, 0.15) is 5.70 Å². The van der Waals surface area contributed by atoms with E-state index in [1.165, 1.54) is 36.3 Å². The summed E-state index contributed by atoms with van der Waals surface area (Å²) in [5.41, 5.74) is 2.95. The monoisotopic (exact) mass is 463 g/mol. The number of anilines is 3. The molecule has 162 valence electrons. The van der Waals surface area contributed by atoms with Gasteiger partial charge in [-0.15, -0.1) is 11.3 Å². The Balaban J connectivity index is 1.48. The second kappa shape index (κ2) is 8.81. The molecule has 0 aliphatic carbocycles. The van der Waals surface area contributed by atoms with Crippen LogP contribution < -0.4 is 15.1 Å². The summed E-state index contributed by atoms with van der Waals surface area (Å²) in [5, 5.41) is 5.47. The number of halogens is 1. The molecule has 0 bridgehead atoms. The Bertz CT molecular complexity index is 1180. The standard InChI is InChI=1S/C25H22ClN3O2S/c26-19-7-2-3-8-20(19)29-24(30)22(21-9-6-16-32-21)23(25(29)31)27-17-10-12-18(13-11-17)28-14-4-1-5-15-28/h2-3,6-13,16,27H,1,4-5,14-15H2. The van der Waals surface area contributed by atoms with E-state index in [1.807, 2.05) is 29.6 Å². The van der Waals surface area contributed by atoms with Gasteiger partial charge >= 0.3 is 0 Å². The Hall–Kier alpha value is -3.09. The van der Waals surface area contributed by atoms with E-state index in [-0.39, 0.29) is 11.6 Å². The lowest BCUT2D eigenvalue weighted by atomic mass is 10.1. The zero-order chi connectivity index (χ0) is 22.1. The minimum Gasteiger partial charge on any atom is -0.372 e. The van der Waals surface area contributed by atoms with Gasteiger partial charge < -0.3 is 10.2 Å². The van der Waals surface area contributed by atoms with Crippen LogP contribution in [-0.4, -0.2) is 24.9 Å². The third-order valence-electron chi connectivity index (χ3n) is 5.80. The van der Waals surface area contributed by atoms with Crippen molar-refractivity contribution < 1.29 is 9.59 Å². The van der Waals surface area contributed by atoms with E-state index in [0.717, 1.165) is 28.6 Å². The third-order valence-corrected chi connectivity index (χ3v) is 7.01.